The third-order valence-electron chi connectivity index (χ3n) is 5.47. The van der Waals surface area contributed by atoms with Gasteiger partial charge in [-0.1, -0.05) is 37.3 Å². The number of amides is 1. The number of halogens is 1. The number of hydrogen-bond donors (Lipinski definition) is 2. The third-order valence-corrected chi connectivity index (χ3v) is 7.63. The Balaban J connectivity index is 0.000000501. The summed E-state index contributed by atoms with van der Waals surface area (Å²) in [4.78, 5) is 32.6. The Kier molecular flexibility index (Phi) is 9.27. The number of sulfonamides is 1. The van der Waals surface area contributed by atoms with Crippen molar-refractivity contribution in [3.63, 3.8) is 0 Å². The number of benzene rings is 1. The van der Waals surface area contributed by atoms with E-state index in [9.17, 15) is 13.2 Å². The fourth-order valence-electron chi connectivity index (χ4n) is 3.72. The first-order chi connectivity index (χ1) is 14.6. The molecule has 0 unspecified atom stereocenters. The molecule has 172 valence electrons. The van der Waals surface area contributed by atoms with Crippen LogP contribution in [0.25, 0.3) is 0 Å². The molecule has 1 saturated carbocycles. The third kappa shape index (κ3) is 7.48. The number of carboxylic acid groups (broad SMARTS) is 2. The number of nitrogens with zero attached hydrogens (tertiary/aromatic N) is 2. The van der Waals surface area contributed by atoms with Crippen molar-refractivity contribution < 1.29 is 33.0 Å². The van der Waals surface area contributed by atoms with Crippen LogP contribution in [0.4, 0.5) is 0 Å². The van der Waals surface area contributed by atoms with Gasteiger partial charge in [-0.2, -0.15) is 4.31 Å². The van der Waals surface area contributed by atoms with Crippen LogP contribution in [0.3, 0.4) is 0 Å². The minimum absolute atomic E-state index is 0.162. The molecule has 11 heteroatoms. The molecule has 31 heavy (non-hydrogen) atoms. The summed E-state index contributed by atoms with van der Waals surface area (Å²) in [6.45, 7) is 1.63. The highest BCUT2D eigenvalue weighted by Gasteiger charge is 2.30. The van der Waals surface area contributed by atoms with E-state index in [2.05, 4.69) is 0 Å². The fourth-order valence-corrected chi connectivity index (χ4v) is 5.27. The Morgan fingerprint density at radius 1 is 0.935 bits per heavy atom. The molecule has 1 heterocycles. The van der Waals surface area contributed by atoms with Gasteiger partial charge in [-0.3, -0.25) is 4.79 Å². The summed E-state index contributed by atoms with van der Waals surface area (Å²) in [6.07, 6.45) is 6.65. The molecule has 1 saturated heterocycles. The lowest BCUT2D eigenvalue weighted by molar-refractivity contribution is -0.159. The molecule has 0 spiro atoms. The van der Waals surface area contributed by atoms with Crippen LogP contribution in [0.15, 0.2) is 29.2 Å². The summed E-state index contributed by atoms with van der Waals surface area (Å²) >= 11 is 5.83. The predicted octanol–water partition coefficient (Wildman–Crippen LogP) is 2.30. The largest absolute Gasteiger partial charge is 0.473 e. The topological polar surface area (TPSA) is 132 Å². The van der Waals surface area contributed by atoms with Gasteiger partial charge in [0.1, 0.15) is 0 Å². The summed E-state index contributed by atoms with van der Waals surface area (Å²) in [5.41, 5.74) is 0. The first-order valence-corrected chi connectivity index (χ1v) is 11.9. The Labute approximate surface area is 186 Å². The number of rotatable bonds is 5. The Morgan fingerprint density at radius 2 is 1.45 bits per heavy atom. The highest BCUT2D eigenvalue weighted by atomic mass is 35.5. The second-order valence-electron chi connectivity index (χ2n) is 7.54. The van der Waals surface area contributed by atoms with Crippen molar-refractivity contribution >= 4 is 39.5 Å². The minimum atomic E-state index is -3.52. The minimum Gasteiger partial charge on any atom is -0.473 e. The van der Waals surface area contributed by atoms with E-state index in [4.69, 9.17) is 31.4 Å². The van der Waals surface area contributed by atoms with Gasteiger partial charge in [0.25, 0.3) is 0 Å². The molecule has 2 fully saturated rings. The quantitative estimate of drug-likeness (QED) is 0.625. The van der Waals surface area contributed by atoms with Crippen LogP contribution in [-0.4, -0.2) is 71.9 Å². The van der Waals surface area contributed by atoms with Gasteiger partial charge in [-0.05, 0) is 36.6 Å². The number of carbonyl (C=O) groups is 3. The smallest absolute Gasteiger partial charge is 0.414 e. The van der Waals surface area contributed by atoms with Crippen LogP contribution < -0.4 is 0 Å². The average molecular weight is 475 g/mol. The zero-order valence-corrected chi connectivity index (χ0v) is 18.6. The van der Waals surface area contributed by atoms with Crippen molar-refractivity contribution in [3.05, 3.63) is 29.3 Å². The molecular weight excluding hydrogens is 448 g/mol. The molecule has 0 aromatic heterocycles. The predicted molar refractivity (Wildman–Crippen MR) is 113 cm³/mol. The highest BCUT2D eigenvalue weighted by Crippen LogP contribution is 2.29. The first kappa shape index (κ1) is 25.1. The maximum Gasteiger partial charge on any atom is 0.414 e. The second kappa shape index (κ2) is 11.4. The van der Waals surface area contributed by atoms with E-state index < -0.39 is 22.0 Å². The summed E-state index contributed by atoms with van der Waals surface area (Å²) in [5, 5.41) is 15.3. The SMILES string of the molecule is O=C(CCC1CCCC1)N1CCN(S(=O)(=O)c2ccc(Cl)cc2)CC1.O=C(O)C(=O)O. The van der Waals surface area contributed by atoms with Gasteiger partial charge < -0.3 is 15.1 Å². The molecule has 1 aliphatic heterocycles. The zero-order chi connectivity index (χ0) is 23.0. The van der Waals surface area contributed by atoms with E-state index in [0.717, 1.165) is 6.42 Å². The molecule has 1 aliphatic carbocycles. The molecule has 0 bridgehead atoms. The van der Waals surface area contributed by atoms with E-state index in [1.54, 1.807) is 12.1 Å². The number of hydrogen-bond acceptors (Lipinski definition) is 5. The standard InChI is InChI=1S/C18H25ClN2O3S.C2H2O4/c19-16-6-8-17(9-7-16)25(23,24)21-13-11-20(12-14-21)18(22)10-5-15-3-1-2-4-15;3-1(4)2(5)6/h6-9,15H,1-5,10-14H2;(H,3,4)(H,5,6). The molecular formula is C20H27ClN2O7S. The second-order valence-corrected chi connectivity index (χ2v) is 9.91. The monoisotopic (exact) mass is 474 g/mol. The molecule has 0 atom stereocenters. The summed E-state index contributed by atoms with van der Waals surface area (Å²) < 4.78 is 26.8. The van der Waals surface area contributed by atoms with Crippen molar-refractivity contribution in [3.8, 4) is 0 Å². The normalized spacial score (nSPS) is 17.6. The molecule has 1 aromatic rings. The Morgan fingerprint density at radius 3 is 1.94 bits per heavy atom. The molecule has 3 rings (SSSR count). The maximum absolute atomic E-state index is 12.7. The molecule has 1 amide bonds. The summed E-state index contributed by atoms with van der Waals surface area (Å²) in [6, 6.07) is 6.21. The van der Waals surface area contributed by atoms with Gasteiger partial charge in [0.05, 0.1) is 4.90 Å². The van der Waals surface area contributed by atoms with Crippen molar-refractivity contribution in [1.29, 1.82) is 0 Å². The van der Waals surface area contributed by atoms with Gasteiger partial charge in [-0.15, -0.1) is 0 Å². The Hall–Kier alpha value is -2.17. The van der Waals surface area contributed by atoms with Crippen LogP contribution in [0.5, 0.6) is 0 Å². The van der Waals surface area contributed by atoms with Crippen LogP contribution >= 0.6 is 11.6 Å². The van der Waals surface area contributed by atoms with Gasteiger partial charge in [0, 0.05) is 37.6 Å². The first-order valence-electron chi connectivity index (χ1n) is 10.1. The van der Waals surface area contributed by atoms with Crippen molar-refractivity contribution in [2.24, 2.45) is 5.92 Å². The lowest BCUT2D eigenvalue weighted by atomic mass is 10.0. The zero-order valence-electron chi connectivity index (χ0n) is 17.1. The van der Waals surface area contributed by atoms with E-state index in [-0.39, 0.29) is 10.8 Å². The molecule has 2 N–H and O–H groups in total. The van der Waals surface area contributed by atoms with Crippen LogP contribution in [0.2, 0.25) is 5.02 Å². The summed E-state index contributed by atoms with van der Waals surface area (Å²) in [7, 11) is -3.52. The van der Waals surface area contributed by atoms with Crippen molar-refractivity contribution in [2.45, 2.75) is 43.4 Å². The van der Waals surface area contributed by atoms with E-state index in [0.29, 0.717) is 43.5 Å². The lowest BCUT2D eigenvalue weighted by Gasteiger charge is -2.34. The van der Waals surface area contributed by atoms with Gasteiger partial charge in [0.15, 0.2) is 0 Å². The van der Waals surface area contributed by atoms with Crippen LogP contribution in [-0.2, 0) is 24.4 Å². The maximum atomic E-state index is 12.7. The van der Waals surface area contributed by atoms with Gasteiger partial charge >= 0.3 is 11.9 Å². The van der Waals surface area contributed by atoms with Crippen molar-refractivity contribution in [1.82, 2.24) is 9.21 Å². The highest BCUT2D eigenvalue weighted by molar-refractivity contribution is 7.89. The molecule has 1 aromatic carbocycles. The molecule has 9 nitrogen and oxygen atoms in total. The van der Waals surface area contributed by atoms with E-state index >= 15 is 0 Å². The fraction of sp³-hybridized carbons (Fsp3) is 0.550. The van der Waals surface area contributed by atoms with E-state index in [1.807, 2.05) is 4.90 Å². The number of piperazine rings is 1. The van der Waals surface area contributed by atoms with Gasteiger partial charge in [0.2, 0.25) is 15.9 Å². The van der Waals surface area contributed by atoms with Crippen LogP contribution in [0, 0.1) is 5.92 Å². The number of carbonyl (C=O) groups excluding carboxylic acids is 1. The number of aliphatic carboxylic acids is 2. The molecule has 0 radical (unpaired) electrons. The lowest BCUT2D eigenvalue weighted by Crippen LogP contribution is -2.50. The molecule has 2 aliphatic rings. The summed E-state index contributed by atoms with van der Waals surface area (Å²) in [5.74, 6) is -2.78. The van der Waals surface area contributed by atoms with Crippen molar-refractivity contribution in [2.75, 3.05) is 26.2 Å². The van der Waals surface area contributed by atoms with Crippen LogP contribution in [0.1, 0.15) is 38.5 Å². The Bertz CT molecular complexity index is 863. The van der Waals surface area contributed by atoms with E-state index in [1.165, 1.54) is 42.1 Å². The average Bonchev–Trinajstić information content (AvgIpc) is 3.26. The number of carboxylic acids is 2. The van der Waals surface area contributed by atoms with Gasteiger partial charge in [-0.25, -0.2) is 18.0 Å².